The molecular formula is C26H34N2O3. The zero-order valence-electron chi connectivity index (χ0n) is 19.0. The van der Waals surface area contributed by atoms with Gasteiger partial charge in [0.15, 0.2) is 11.5 Å². The lowest BCUT2D eigenvalue weighted by Gasteiger charge is -2.33. The van der Waals surface area contributed by atoms with E-state index in [0.29, 0.717) is 18.2 Å². The molecule has 0 N–H and O–H groups in total. The Morgan fingerprint density at radius 1 is 1.00 bits per heavy atom. The molecule has 31 heavy (non-hydrogen) atoms. The highest BCUT2D eigenvalue weighted by Crippen LogP contribution is 2.32. The normalized spacial score (nSPS) is 18.4. The minimum Gasteiger partial charge on any atom is -0.493 e. The molecule has 2 aromatic rings. The summed E-state index contributed by atoms with van der Waals surface area (Å²) in [6, 6.07) is 13.4. The molecule has 4 rings (SSSR count). The molecule has 0 fully saturated rings. The van der Waals surface area contributed by atoms with Crippen molar-refractivity contribution in [3.05, 3.63) is 58.7 Å². The average molecular weight is 423 g/mol. The lowest BCUT2D eigenvalue weighted by molar-refractivity contribution is -0.130. The smallest absolute Gasteiger partial charge is 0.227 e. The van der Waals surface area contributed by atoms with E-state index in [2.05, 4.69) is 36.2 Å². The van der Waals surface area contributed by atoms with Gasteiger partial charge in [0, 0.05) is 19.1 Å². The molecule has 0 saturated carbocycles. The van der Waals surface area contributed by atoms with Gasteiger partial charge in [0.25, 0.3) is 0 Å². The van der Waals surface area contributed by atoms with Gasteiger partial charge in [-0.05, 0) is 80.1 Å². The van der Waals surface area contributed by atoms with Gasteiger partial charge in [-0.1, -0.05) is 24.3 Å². The lowest BCUT2D eigenvalue weighted by atomic mass is 9.87. The molecule has 0 radical (unpaired) electrons. The molecule has 1 amide bonds. The number of aryl methyl sites for hydroxylation is 1. The summed E-state index contributed by atoms with van der Waals surface area (Å²) in [7, 11) is 5.52. The summed E-state index contributed by atoms with van der Waals surface area (Å²) < 4.78 is 10.9. The first-order valence-electron chi connectivity index (χ1n) is 11.4. The SMILES string of the molecule is COc1cc2c(cc1OC)CC(=O)N(CCCN(C)C1CCc3ccccc3C1)CC2. The number of carbonyl (C=O) groups is 1. The Bertz CT molecular complexity index is 927. The van der Waals surface area contributed by atoms with E-state index < -0.39 is 0 Å². The standard InChI is InChI=1S/C26H34N2O3/c1-27(23-10-9-19-7-4-5-8-20(19)15-23)12-6-13-28-14-11-21-16-24(30-2)25(31-3)17-22(21)18-26(28)29/h4-5,7-8,16-17,23H,6,9-15,18H2,1-3H3. The predicted octanol–water partition coefficient (Wildman–Crippen LogP) is 3.51. The number of hydrogen-bond donors (Lipinski definition) is 0. The summed E-state index contributed by atoms with van der Waals surface area (Å²) in [4.78, 5) is 17.4. The number of amides is 1. The van der Waals surface area contributed by atoms with E-state index in [1.807, 2.05) is 17.0 Å². The van der Waals surface area contributed by atoms with Gasteiger partial charge in [0.1, 0.15) is 0 Å². The first-order valence-corrected chi connectivity index (χ1v) is 11.4. The molecule has 166 valence electrons. The molecule has 5 nitrogen and oxygen atoms in total. The van der Waals surface area contributed by atoms with Gasteiger partial charge < -0.3 is 19.3 Å². The van der Waals surface area contributed by atoms with Crippen molar-refractivity contribution in [2.45, 2.75) is 44.6 Å². The topological polar surface area (TPSA) is 42.0 Å². The van der Waals surface area contributed by atoms with E-state index in [-0.39, 0.29) is 5.91 Å². The van der Waals surface area contributed by atoms with Gasteiger partial charge in [0.05, 0.1) is 20.6 Å². The van der Waals surface area contributed by atoms with Crippen molar-refractivity contribution < 1.29 is 14.3 Å². The Morgan fingerprint density at radius 3 is 2.45 bits per heavy atom. The molecule has 1 atom stereocenters. The van der Waals surface area contributed by atoms with Crippen LogP contribution in [0.25, 0.3) is 0 Å². The highest BCUT2D eigenvalue weighted by molar-refractivity contribution is 5.80. The fraction of sp³-hybridized carbons (Fsp3) is 0.500. The van der Waals surface area contributed by atoms with E-state index in [4.69, 9.17) is 9.47 Å². The van der Waals surface area contributed by atoms with E-state index in [1.54, 1.807) is 14.2 Å². The van der Waals surface area contributed by atoms with Crippen LogP contribution >= 0.6 is 0 Å². The molecular weight excluding hydrogens is 388 g/mol. The fourth-order valence-corrected chi connectivity index (χ4v) is 5.00. The molecule has 0 aromatic heterocycles. The third-order valence-electron chi connectivity index (χ3n) is 6.93. The summed E-state index contributed by atoms with van der Waals surface area (Å²) in [5, 5.41) is 0. The summed E-state index contributed by atoms with van der Waals surface area (Å²) in [5.74, 6) is 1.64. The summed E-state index contributed by atoms with van der Waals surface area (Å²) in [5.41, 5.74) is 5.25. The van der Waals surface area contributed by atoms with Crippen molar-refractivity contribution in [3.8, 4) is 11.5 Å². The van der Waals surface area contributed by atoms with Crippen molar-refractivity contribution in [2.75, 3.05) is 40.9 Å². The van der Waals surface area contributed by atoms with E-state index in [1.165, 1.54) is 29.5 Å². The number of likely N-dealkylation sites (N-methyl/N-ethyl adjacent to an activating group) is 1. The molecule has 1 heterocycles. The molecule has 0 spiro atoms. The maximum atomic E-state index is 12.9. The molecule has 0 saturated heterocycles. The van der Waals surface area contributed by atoms with Gasteiger partial charge in [0.2, 0.25) is 5.91 Å². The quantitative estimate of drug-likeness (QED) is 0.685. The van der Waals surface area contributed by atoms with Crippen LogP contribution in [-0.4, -0.2) is 62.7 Å². The van der Waals surface area contributed by atoms with Gasteiger partial charge in [-0.15, -0.1) is 0 Å². The number of fused-ring (bicyclic) bond motifs is 2. The van der Waals surface area contributed by atoms with Crippen LogP contribution in [-0.2, 0) is 30.5 Å². The lowest BCUT2D eigenvalue weighted by Crippen LogP contribution is -2.39. The summed E-state index contributed by atoms with van der Waals surface area (Å²) in [6.07, 6.45) is 5.81. The van der Waals surface area contributed by atoms with E-state index in [9.17, 15) is 4.79 Å². The highest BCUT2D eigenvalue weighted by atomic mass is 16.5. The summed E-state index contributed by atoms with van der Waals surface area (Å²) in [6.45, 7) is 2.60. The maximum absolute atomic E-state index is 12.9. The first-order chi connectivity index (χ1) is 15.1. The predicted molar refractivity (Wildman–Crippen MR) is 123 cm³/mol. The first kappa shape index (κ1) is 21.7. The van der Waals surface area contributed by atoms with E-state index in [0.717, 1.165) is 50.2 Å². The third-order valence-corrected chi connectivity index (χ3v) is 6.93. The zero-order valence-corrected chi connectivity index (χ0v) is 19.0. The van der Waals surface area contributed by atoms with Crippen LogP contribution in [0.4, 0.5) is 0 Å². The fourth-order valence-electron chi connectivity index (χ4n) is 5.00. The molecule has 2 aliphatic rings. The second-order valence-electron chi connectivity index (χ2n) is 8.78. The van der Waals surface area contributed by atoms with Crippen molar-refractivity contribution >= 4 is 5.91 Å². The van der Waals surface area contributed by atoms with Crippen molar-refractivity contribution in [1.29, 1.82) is 0 Å². The monoisotopic (exact) mass is 422 g/mol. The number of methoxy groups -OCH3 is 2. The van der Waals surface area contributed by atoms with Crippen LogP contribution < -0.4 is 9.47 Å². The number of rotatable bonds is 7. The Morgan fingerprint density at radius 2 is 1.71 bits per heavy atom. The number of carbonyl (C=O) groups excluding carboxylic acids is 1. The number of nitrogens with zero attached hydrogens (tertiary/aromatic N) is 2. The molecule has 5 heteroatoms. The van der Waals surface area contributed by atoms with Crippen LogP contribution in [0.2, 0.25) is 0 Å². The number of ether oxygens (including phenoxy) is 2. The second-order valence-corrected chi connectivity index (χ2v) is 8.78. The van der Waals surface area contributed by atoms with Crippen molar-refractivity contribution in [2.24, 2.45) is 0 Å². The largest absolute Gasteiger partial charge is 0.493 e. The van der Waals surface area contributed by atoms with Gasteiger partial charge >= 0.3 is 0 Å². The van der Waals surface area contributed by atoms with Crippen LogP contribution in [0.3, 0.4) is 0 Å². The minimum absolute atomic E-state index is 0.209. The number of hydrogen-bond acceptors (Lipinski definition) is 4. The molecule has 2 aromatic carbocycles. The highest BCUT2D eigenvalue weighted by Gasteiger charge is 2.24. The molecule has 1 aliphatic heterocycles. The third kappa shape index (κ3) is 4.87. The Balaban J connectivity index is 1.31. The maximum Gasteiger partial charge on any atom is 0.227 e. The summed E-state index contributed by atoms with van der Waals surface area (Å²) >= 11 is 0. The zero-order chi connectivity index (χ0) is 21.8. The Kier molecular flexibility index (Phi) is 6.81. The van der Waals surface area contributed by atoms with Crippen LogP contribution in [0.1, 0.15) is 35.1 Å². The molecule has 1 aliphatic carbocycles. The molecule has 0 bridgehead atoms. The Labute approximate surface area is 185 Å². The Hall–Kier alpha value is -2.53. The van der Waals surface area contributed by atoms with Crippen molar-refractivity contribution in [3.63, 3.8) is 0 Å². The van der Waals surface area contributed by atoms with E-state index >= 15 is 0 Å². The van der Waals surface area contributed by atoms with Crippen LogP contribution in [0.5, 0.6) is 11.5 Å². The average Bonchev–Trinajstić information content (AvgIpc) is 2.95. The van der Waals surface area contributed by atoms with Crippen LogP contribution in [0.15, 0.2) is 36.4 Å². The van der Waals surface area contributed by atoms with Gasteiger partial charge in [-0.2, -0.15) is 0 Å². The van der Waals surface area contributed by atoms with Gasteiger partial charge in [-0.25, -0.2) is 0 Å². The second kappa shape index (κ2) is 9.73. The molecule has 1 unspecified atom stereocenters. The number of benzene rings is 2. The minimum atomic E-state index is 0.209. The van der Waals surface area contributed by atoms with Crippen LogP contribution in [0, 0.1) is 0 Å². The van der Waals surface area contributed by atoms with Crippen molar-refractivity contribution in [1.82, 2.24) is 9.80 Å². The van der Waals surface area contributed by atoms with Gasteiger partial charge in [-0.3, -0.25) is 4.79 Å².